The minimum atomic E-state index is -0.886. The Kier molecular flexibility index (Phi) is 6.42. The quantitative estimate of drug-likeness (QED) is 0.794. The van der Waals surface area contributed by atoms with Crippen LogP contribution in [0, 0.1) is 0 Å². The molecule has 0 spiro atoms. The number of hydrogen-bond donors (Lipinski definition) is 2. The number of carbonyl (C=O) groups excluding carboxylic acids is 1. The van der Waals surface area contributed by atoms with Crippen LogP contribution in [0.1, 0.15) is 12.5 Å². The highest BCUT2D eigenvalue weighted by atomic mass is 35.5. The highest BCUT2D eigenvalue weighted by molar-refractivity contribution is 7.98. The Hall–Kier alpha value is -0.970. The van der Waals surface area contributed by atoms with Gasteiger partial charge in [0.2, 0.25) is 5.91 Å². The molecule has 1 aromatic carbocycles. The molecule has 1 amide bonds. The Morgan fingerprint density at radius 1 is 1.47 bits per heavy atom. The largest absolute Gasteiger partial charge is 0.387 e. The smallest absolute Gasteiger partial charge is 0.244 e. The number of thioether (sulfide) groups is 1. The fourth-order valence-electron chi connectivity index (χ4n) is 1.44. The number of carbonyl (C=O) groups is 1. The molecule has 0 fully saturated rings. The van der Waals surface area contributed by atoms with E-state index in [9.17, 15) is 9.90 Å². The van der Waals surface area contributed by atoms with Gasteiger partial charge in [0.1, 0.15) is 0 Å². The van der Waals surface area contributed by atoms with Crippen LogP contribution >= 0.6 is 23.4 Å². The van der Waals surface area contributed by atoms with Gasteiger partial charge in [-0.3, -0.25) is 4.79 Å². The van der Waals surface area contributed by atoms with E-state index in [1.165, 1.54) is 17.8 Å². The van der Waals surface area contributed by atoms with E-state index in [1.807, 2.05) is 18.4 Å². The summed E-state index contributed by atoms with van der Waals surface area (Å²) < 4.78 is 0. The van der Waals surface area contributed by atoms with Crippen LogP contribution in [0.3, 0.4) is 0 Å². The molecular formula is C14H18ClNO2S. The van der Waals surface area contributed by atoms with Crippen molar-refractivity contribution in [1.29, 1.82) is 0 Å². The lowest BCUT2D eigenvalue weighted by Gasteiger charge is -2.21. The Labute approximate surface area is 123 Å². The van der Waals surface area contributed by atoms with Crippen molar-refractivity contribution >= 4 is 35.3 Å². The van der Waals surface area contributed by atoms with E-state index in [1.54, 1.807) is 25.1 Å². The van der Waals surface area contributed by atoms with Gasteiger partial charge < -0.3 is 10.4 Å². The van der Waals surface area contributed by atoms with Crippen LogP contribution in [0.15, 0.2) is 30.3 Å². The molecule has 0 aliphatic rings. The lowest BCUT2D eigenvalue weighted by molar-refractivity contribution is -0.117. The summed E-state index contributed by atoms with van der Waals surface area (Å²) in [7, 11) is 0. The van der Waals surface area contributed by atoms with E-state index >= 15 is 0 Å². The van der Waals surface area contributed by atoms with Crippen molar-refractivity contribution in [1.82, 2.24) is 5.32 Å². The predicted molar refractivity (Wildman–Crippen MR) is 82.5 cm³/mol. The fraction of sp³-hybridized carbons (Fsp3) is 0.357. The highest BCUT2D eigenvalue weighted by Crippen LogP contribution is 2.11. The molecule has 0 saturated carbocycles. The minimum Gasteiger partial charge on any atom is -0.387 e. The van der Waals surface area contributed by atoms with Crippen LogP contribution in [-0.4, -0.2) is 35.2 Å². The number of nitrogens with one attached hydrogen (secondary N) is 1. The van der Waals surface area contributed by atoms with Gasteiger partial charge >= 0.3 is 0 Å². The average Bonchev–Trinajstić information content (AvgIpc) is 2.36. The molecule has 0 radical (unpaired) electrons. The molecule has 1 aromatic rings. The van der Waals surface area contributed by atoms with Gasteiger partial charge in [-0.2, -0.15) is 11.8 Å². The van der Waals surface area contributed by atoms with Crippen LogP contribution in [0.2, 0.25) is 5.02 Å². The minimum absolute atomic E-state index is 0.226. The maximum atomic E-state index is 11.6. The van der Waals surface area contributed by atoms with Crippen molar-refractivity contribution < 1.29 is 9.90 Å². The fourth-order valence-corrected chi connectivity index (χ4v) is 2.29. The number of amides is 1. The molecule has 0 aliphatic carbocycles. The number of rotatable bonds is 6. The van der Waals surface area contributed by atoms with E-state index < -0.39 is 5.60 Å². The van der Waals surface area contributed by atoms with E-state index in [0.717, 1.165) is 5.56 Å². The van der Waals surface area contributed by atoms with Gasteiger partial charge in [-0.25, -0.2) is 0 Å². The van der Waals surface area contributed by atoms with Crippen LogP contribution in [0.4, 0.5) is 0 Å². The average molecular weight is 300 g/mol. The summed E-state index contributed by atoms with van der Waals surface area (Å²) in [4.78, 5) is 11.6. The monoisotopic (exact) mass is 299 g/mol. The topological polar surface area (TPSA) is 49.3 Å². The lowest BCUT2D eigenvalue weighted by atomic mass is 10.1. The van der Waals surface area contributed by atoms with Crippen molar-refractivity contribution in [3.63, 3.8) is 0 Å². The Morgan fingerprint density at radius 2 is 2.11 bits per heavy atom. The molecule has 3 nitrogen and oxygen atoms in total. The number of hydrogen-bond acceptors (Lipinski definition) is 3. The first-order chi connectivity index (χ1) is 8.93. The number of benzene rings is 1. The van der Waals surface area contributed by atoms with Gasteiger partial charge in [0.25, 0.3) is 0 Å². The molecule has 0 saturated heterocycles. The predicted octanol–water partition coefficient (Wildman–Crippen LogP) is 2.58. The summed E-state index contributed by atoms with van der Waals surface area (Å²) in [6.45, 7) is 1.93. The normalized spacial score (nSPS) is 14.3. The van der Waals surface area contributed by atoms with Gasteiger partial charge in [-0.1, -0.05) is 23.7 Å². The first-order valence-corrected chi connectivity index (χ1v) is 7.63. The Balaban J connectivity index is 2.45. The van der Waals surface area contributed by atoms with E-state index in [0.29, 0.717) is 10.8 Å². The van der Waals surface area contributed by atoms with Crippen molar-refractivity contribution in [3.05, 3.63) is 40.9 Å². The molecule has 2 N–H and O–H groups in total. The van der Waals surface area contributed by atoms with Crippen molar-refractivity contribution in [2.45, 2.75) is 12.5 Å². The zero-order valence-corrected chi connectivity index (χ0v) is 12.6. The van der Waals surface area contributed by atoms with Crippen molar-refractivity contribution in [2.24, 2.45) is 0 Å². The summed E-state index contributed by atoms with van der Waals surface area (Å²) in [5.74, 6) is 0.352. The first kappa shape index (κ1) is 16.1. The maximum absolute atomic E-state index is 11.6. The van der Waals surface area contributed by atoms with Crippen LogP contribution in [0.25, 0.3) is 6.08 Å². The molecule has 1 rings (SSSR count). The summed E-state index contributed by atoms with van der Waals surface area (Å²) in [5.41, 5.74) is 0.0128. The molecule has 0 aromatic heterocycles. The second-order valence-corrected chi connectivity index (χ2v) is 5.84. The molecular weight excluding hydrogens is 282 g/mol. The summed E-state index contributed by atoms with van der Waals surface area (Å²) in [5, 5.41) is 13.2. The Morgan fingerprint density at radius 3 is 2.68 bits per heavy atom. The van der Waals surface area contributed by atoms with Crippen LogP contribution < -0.4 is 5.32 Å². The third kappa shape index (κ3) is 6.66. The molecule has 0 aliphatic heterocycles. The Bertz CT molecular complexity index is 443. The zero-order valence-electron chi connectivity index (χ0n) is 11.0. The van der Waals surface area contributed by atoms with E-state index in [4.69, 9.17) is 11.6 Å². The van der Waals surface area contributed by atoms with Gasteiger partial charge in [-0.05, 0) is 37.0 Å². The zero-order chi connectivity index (χ0) is 14.3. The van der Waals surface area contributed by atoms with E-state index in [-0.39, 0.29) is 12.5 Å². The third-order valence-corrected chi connectivity index (χ3v) is 3.56. The molecule has 1 atom stereocenters. The van der Waals surface area contributed by atoms with Gasteiger partial charge in [-0.15, -0.1) is 0 Å². The number of halogens is 1. The van der Waals surface area contributed by atoms with Gasteiger partial charge in [0.05, 0.1) is 5.60 Å². The second kappa shape index (κ2) is 7.58. The SMILES string of the molecule is CSC[C@](C)(O)CNC(=O)/C=C/c1ccc(Cl)cc1. The van der Waals surface area contributed by atoms with Crippen molar-refractivity contribution in [2.75, 3.05) is 18.6 Å². The van der Waals surface area contributed by atoms with Gasteiger partial charge in [0.15, 0.2) is 0 Å². The summed E-state index contributed by atoms with van der Waals surface area (Å²) >= 11 is 7.31. The lowest BCUT2D eigenvalue weighted by Crippen LogP contribution is -2.41. The second-order valence-electron chi connectivity index (χ2n) is 4.53. The first-order valence-electron chi connectivity index (χ1n) is 5.86. The summed E-state index contributed by atoms with van der Waals surface area (Å²) in [6.07, 6.45) is 5.06. The summed E-state index contributed by atoms with van der Waals surface area (Å²) in [6, 6.07) is 7.19. The molecule has 19 heavy (non-hydrogen) atoms. The highest BCUT2D eigenvalue weighted by Gasteiger charge is 2.19. The van der Waals surface area contributed by atoms with E-state index in [2.05, 4.69) is 5.32 Å². The maximum Gasteiger partial charge on any atom is 0.244 e. The van der Waals surface area contributed by atoms with Crippen LogP contribution in [0.5, 0.6) is 0 Å². The third-order valence-electron chi connectivity index (χ3n) is 2.40. The molecule has 0 unspecified atom stereocenters. The molecule has 104 valence electrons. The molecule has 5 heteroatoms. The van der Waals surface area contributed by atoms with Crippen molar-refractivity contribution in [3.8, 4) is 0 Å². The van der Waals surface area contributed by atoms with Crippen LogP contribution in [-0.2, 0) is 4.79 Å². The standard InChI is InChI=1S/C14H18ClNO2S/c1-14(18,10-19-2)9-16-13(17)8-5-11-3-6-12(15)7-4-11/h3-8,18H,9-10H2,1-2H3,(H,16,17)/b8-5+/t14-/m1/s1. The number of aliphatic hydroxyl groups is 1. The molecule has 0 bridgehead atoms. The van der Waals surface area contributed by atoms with Gasteiger partial charge in [0, 0.05) is 23.4 Å². The molecule has 0 heterocycles.